The van der Waals surface area contributed by atoms with Crippen molar-refractivity contribution in [1.82, 2.24) is 35.0 Å². The number of hydrogen-bond acceptors (Lipinski definition) is 7. The Labute approximate surface area is 206 Å². The zero-order chi connectivity index (χ0) is 23.9. The van der Waals surface area contributed by atoms with Crippen molar-refractivity contribution in [2.45, 2.75) is 45.7 Å². The Hall–Kier alpha value is -3.30. The van der Waals surface area contributed by atoms with Crippen LogP contribution >= 0.6 is 0 Å². The minimum atomic E-state index is 0. The van der Waals surface area contributed by atoms with Gasteiger partial charge in [0.15, 0.2) is 5.82 Å². The second kappa shape index (κ2) is 9.05. The molecular formula is C26H34N8O. The Morgan fingerprint density at radius 2 is 2.00 bits per heavy atom. The maximum atomic E-state index is 5.70. The van der Waals surface area contributed by atoms with Crippen LogP contribution in [0.5, 0.6) is 0 Å². The average Bonchev–Trinajstić information content (AvgIpc) is 3.48. The lowest BCUT2D eigenvalue weighted by Crippen LogP contribution is -2.44. The molecule has 35 heavy (non-hydrogen) atoms. The summed E-state index contributed by atoms with van der Waals surface area (Å²) in [6.07, 6.45) is 5.91. The Kier molecular flexibility index (Phi) is 5.74. The van der Waals surface area contributed by atoms with E-state index in [4.69, 9.17) is 19.8 Å². The molecule has 9 nitrogen and oxygen atoms in total. The van der Waals surface area contributed by atoms with Crippen LogP contribution in [0.4, 0.5) is 5.82 Å². The van der Waals surface area contributed by atoms with Crippen molar-refractivity contribution in [1.29, 1.82) is 0 Å². The number of piperidine rings is 1. The van der Waals surface area contributed by atoms with Gasteiger partial charge >= 0.3 is 0 Å². The van der Waals surface area contributed by atoms with Crippen molar-refractivity contribution >= 4 is 16.9 Å². The van der Waals surface area contributed by atoms with Gasteiger partial charge in [-0.05, 0) is 58.8 Å². The van der Waals surface area contributed by atoms with E-state index in [2.05, 4.69) is 51.7 Å². The molecule has 2 saturated heterocycles. The van der Waals surface area contributed by atoms with Crippen LogP contribution in [0.3, 0.4) is 0 Å². The molecule has 0 radical (unpaired) electrons. The molecule has 1 atom stereocenters. The van der Waals surface area contributed by atoms with E-state index >= 15 is 0 Å². The number of aromatic nitrogens is 6. The number of anilines is 1. The standard InChI is InChI=1S/C26H32N8O.H2/c1-16-15-35-13-12-33(16)23-14-22(24-17(2)32-34(18(24)3)19-4-8-27-9-5-19)30-26(31-23)21-7-11-29-25-20(21)6-10-28-25;/h6-7,10-11,14,16,19,27H,4-5,8-9,12-13,15H2,1-3H3,(H,28,29);1H/t16-;/m1./s1/i;1+1. The molecule has 6 heterocycles. The van der Waals surface area contributed by atoms with E-state index in [-0.39, 0.29) is 7.47 Å². The molecule has 0 aromatic carbocycles. The highest BCUT2D eigenvalue weighted by molar-refractivity contribution is 5.91. The summed E-state index contributed by atoms with van der Waals surface area (Å²) < 4.78 is 7.93. The molecule has 0 aliphatic carbocycles. The van der Waals surface area contributed by atoms with Gasteiger partial charge in [-0.1, -0.05) is 0 Å². The van der Waals surface area contributed by atoms with Crippen LogP contribution in [0, 0.1) is 13.8 Å². The first-order valence-electron chi connectivity index (χ1n) is 12.5. The quantitative estimate of drug-likeness (QED) is 0.462. The Balaban J connectivity index is 0.00000267. The van der Waals surface area contributed by atoms with Gasteiger partial charge in [-0.25, -0.2) is 15.0 Å². The second-order valence-corrected chi connectivity index (χ2v) is 9.62. The number of hydrogen-bond donors (Lipinski definition) is 2. The first-order valence-corrected chi connectivity index (χ1v) is 12.5. The molecule has 2 fully saturated rings. The number of morpholine rings is 1. The van der Waals surface area contributed by atoms with Crippen LogP contribution in [0.2, 0.25) is 0 Å². The normalized spacial score (nSPS) is 19.5. The number of pyridine rings is 1. The fourth-order valence-corrected chi connectivity index (χ4v) is 5.49. The molecule has 4 aromatic rings. The van der Waals surface area contributed by atoms with Crippen LogP contribution < -0.4 is 10.2 Å². The molecule has 9 heteroatoms. The summed E-state index contributed by atoms with van der Waals surface area (Å²) in [5.74, 6) is 1.63. The van der Waals surface area contributed by atoms with Crippen molar-refractivity contribution in [3.8, 4) is 22.6 Å². The largest absolute Gasteiger partial charge is 0.377 e. The molecule has 2 aliphatic heterocycles. The molecule has 184 valence electrons. The lowest BCUT2D eigenvalue weighted by Gasteiger charge is -2.34. The van der Waals surface area contributed by atoms with Gasteiger partial charge in [-0.2, -0.15) is 5.10 Å². The third-order valence-corrected chi connectivity index (χ3v) is 7.31. The van der Waals surface area contributed by atoms with Crippen molar-refractivity contribution < 1.29 is 6.16 Å². The first-order chi connectivity index (χ1) is 17.1. The predicted octanol–water partition coefficient (Wildman–Crippen LogP) is 3.90. The van der Waals surface area contributed by atoms with E-state index in [1.807, 2.05) is 24.5 Å². The average molecular weight is 476 g/mol. The second-order valence-electron chi connectivity index (χ2n) is 9.62. The van der Waals surface area contributed by atoms with E-state index in [9.17, 15) is 0 Å². The van der Waals surface area contributed by atoms with E-state index in [1.54, 1.807) is 0 Å². The van der Waals surface area contributed by atoms with Crippen LogP contribution in [0.25, 0.3) is 33.7 Å². The van der Waals surface area contributed by atoms with E-state index in [1.165, 1.54) is 5.69 Å². The molecule has 0 spiro atoms. The smallest absolute Gasteiger partial charge is 0.162 e. The lowest BCUT2D eigenvalue weighted by molar-refractivity contribution is 0.0985. The topological polar surface area (TPSA) is 96.8 Å². The number of fused-ring (bicyclic) bond motifs is 1. The number of rotatable bonds is 4. The highest BCUT2D eigenvalue weighted by Crippen LogP contribution is 2.34. The minimum Gasteiger partial charge on any atom is -0.377 e. The third-order valence-electron chi connectivity index (χ3n) is 7.31. The number of aryl methyl sites for hydroxylation is 1. The van der Waals surface area contributed by atoms with Gasteiger partial charge in [0.25, 0.3) is 0 Å². The summed E-state index contributed by atoms with van der Waals surface area (Å²) in [6, 6.07) is 6.83. The Morgan fingerprint density at radius 1 is 1.14 bits per heavy atom. The molecule has 6 rings (SSSR count). The maximum Gasteiger partial charge on any atom is 0.162 e. The van der Waals surface area contributed by atoms with Crippen molar-refractivity contribution in [3.05, 3.63) is 42.0 Å². The number of nitrogens with one attached hydrogen (secondary N) is 2. The van der Waals surface area contributed by atoms with Gasteiger partial charge in [0.05, 0.1) is 36.7 Å². The highest BCUT2D eigenvalue weighted by atomic mass is 16.5. The number of aromatic amines is 1. The number of nitrogens with zero attached hydrogens (tertiary/aromatic N) is 6. The van der Waals surface area contributed by atoms with Crippen molar-refractivity contribution in [2.75, 3.05) is 37.7 Å². The summed E-state index contributed by atoms with van der Waals surface area (Å²) >= 11 is 0. The first kappa shape index (κ1) is 22.2. The van der Waals surface area contributed by atoms with Gasteiger partial charge < -0.3 is 19.9 Å². The van der Waals surface area contributed by atoms with Gasteiger partial charge in [-0.15, -0.1) is 0 Å². The van der Waals surface area contributed by atoms with Gasteiger partial charge in [0, 0.05) is 48.6 Å². The number of ether oxygens (including phenoxy) is 1. The molecule has 0 unspecified atom stereocenters. The molecule has 4 aromatic heterocycles. The predicted molar refractivity (Wildman–Crippen MR) is 139 cm³/mol. The highest BCUT2D eigenvalue weighted by Gasteiger charge is 2.26. The minimum absolute atomic E-state index is 0. The summed E-state index contributed by atoms with van der Waals surface area (Å²) in [6.45, 7) is 10.7. The monoisotopic (exact) mass is 475 g/mol. The van der Waals surface area contributed by atoms with E-state index in [0.29, 0.717) is 25.1 Å². The Bertz CT molecular complexity index is 1360. The van der Waals surface area contributed by atoms with Crippen LogP contribution in [0.1, 0.15) is 38.6 Å². The molecule has 0 amide bonds. The fourth-order valence-electron chi connectivity index (χ4n) is 5.49. The van der Waals surface area contributed by atoms with E-state index < -0.39 is 0 Å². The molecule has 2 aliphatic rings. The van der Waals surface area contributed by atoms with Gasteiger partial charge in [0.2, 0.25) is 0 Å². The third kappa shape index (κ3) is 3.98. The van der Waals surface area contributed by atoms with E-state index in [0.717, 1.165) is 71.8 Å². The Morgan fingerprint density at radius 3 is 2.83 bits per heavy atom. The van der Waals surface area contributed by atoms with Crippen LogP contribution in [0.15, 0.2) is 30.6 Å². The molecular weight excluding hydrogens is 440 g/mol. The fraction of sp³-hybridized carbons (Fsp3) is 0.462. The zero-order valence-corrected chi connectivity index (χ0v) is 20.6. The SMILES string of the molecule is Cc1nn(C2CCNCC2)c(C)c1-c1cc(N2CCOC[C@H]2C)nc(-c2ccnc3[nH]ccc23)n1.[2HH]. The molecule has 2 N–H and O–H groups in total. The summed E-state index contributed by atoms with van der Waals surface area (Å²) in [7, 11) is 0. The van der Waals surface area contributed by atoms with Gasteiger partial charge in [0.1, 0.15) is 11.5 Å². The maximum absolute atomic E-state index is 5.70. The molecule has 0 saturated carbocycles. The lowest BCUT2D eigenvalue weighted by atomic mass is 10.1. The van der Waals surface area contributed by atoms with Crippen molar-refractivity contribution in [3.63, 3.8) is 0 Å². The van der Waals surface area contributed by atoms with Crippen molar-refractivity contribution in [2.24, 2.45) is 0 Å². The van der Waals surface area contributed by atoms with Crippen LogP contribution in [-0.4, -0.2) is 68.6 Å². The molecule has 0 bridgehead atoms. The van der Waals surface area contributed by atoms with Gasteiger partial charge in [-0.3, -0.25) is 4.68 Å². The summed E-state index contributed by atoms with van der Waals surface area (Å²) in [5.41, 5.74) is 6.01. The zero-order valence-electron chi connectivity index (χ0n) is 20.6. The number of H-pyrrole nitrogens is 1. The summed E-state index contributed by atoms with van der Waals surface area (Å²) in [4.78, 5) is 20.2. The van der Waals surface area contributed by atoms with Crippen LogP contribution in [-0.2, 0) is 4.74 Å². The summed E-state index contributed by atoms with van der Waals surface area (Å²) in [5, 5.41) is 9.47.